The summed E-state index contributed by atoms with van der Waals surface area (Å²) in [6.07, 6.45) is -0.954. The molecule has 0 aliphatic rings. The van der Waals surface area contributed by atoms with E-state index < -0.39 is 41.9 Å². The second-order valence-electron chi connectivity index (χ2n) is 8.05. The highest BCUT2D eigenvalue weighted by Crippen LogP contribution is 2.11. The molecule has 0 aromatic heterocycles. The number of methoxy groups -OCH3 is 3. The number of benzene rings is 3. The minimum Gasteiger partial charge on any atom is -0.478 e. The van der Waals surface area contributed by atoms with Crippen LogP contribution in [0.3, 0.4) is 0 Å². The van der Waals surface area contributed by atoms with Gasteiger partial charge in [-0.2, -0.15) is 0 Å². The molecule has 0 aliphatic heterocycles. The first-order chi connectivity index (χ1) is 21.3. The number of ether oxygens (including phenoxy) is 3. The first-order valence-electron chi connectivity index (χ1n) is 12.4. The molecule has 0 spiro atoms. The van der Waals surface area contributed by atoms with Crippen molar-refractivity contribution in [3.05, 3.63) is 106 Å². The zero-order valence-corrected chi connectivity index (χ0v) is 24.3. The van der Waals surface area contributed by atoms with Gasteiger partial charge in [-0.1, -0.05) is 36.4 Å². The fraction of sp³-hybridized carbons (Fsp3) is 0.200. The van der Waals surface area contributed by atoms with Crippen LogP contribution in [0.1, 0.15) is 62.1 Å². The summed E-state index contributed by atoms with van der Waals surface area (Å²) in [5.41, 5.74) is 0.0607. The number of carboxylic acids is 3. The highest BCUT2D eigenvalue weighted by molar-refractivity contribution is 6.03. The van der Waals surface area contributed by atoms with Crippen LogP contribution < -0.4 is 0 Å². The van der Waals surface area contributed by atoms with Gasteiger partial charge in [-0.3, -0.25) is 0 Å². The maximum Gasteiger partial charge on any atom is 0.338 e. The van der Waals surface area contributed by atoms with Crippen molar-refractivity contribution in [2.24, 2.45) is 0 Å². The van der Waals surface area contributed by atoms with Crippen LogP contribution in [0.15, 0.2) is 72.8 Å². The molecule has 0 radical (unpaired) electrons. The lowest BCUT2D eigenvalue weighted by atomic mass is 10.1. The molecule has 6 N–H and O–H groups in total. The number of rotatable bonds is 8. The van der Waals surface area contributed by atoms with Crippen molar-refractivity contribution < 1.29 is 73.6 Å². The zero-order chi connectivity index (χ0) is 34.5. The van der Waals surface area contributed by atoms with Crippen LogP contribution in [0.25, 0.3) is 0 Å². The maximum absolute atomic E-state index is 11.1. The second-order valence-corrected chi connectivity index (χ2v) is 8.05. The fourth-order valence-corrected chi connectivity index (χ4v) is 2.93. The van der Waals surface area contributed by atoms with Crippen molar-refractivity contribution in [2.45, 2.75) is 6.10 Å². The predicted molar refractivity (Wildman–Crippen MR) is 154 cm³/mol. The number of hydrogen-bond acceptors (Lipinski definition) is 12. The monoisotopic (exact) mass is 632 g/mol. The summed E-state index contributed by atoms with van der Waals surface area (Å²) in [6, 6.07) is 17.7. The van der Waals surface area contributed by atoms with Crippen LogP contribution in [-0.2, 0) is 14.2 Å². The molecule has 3 rings (SSSR count). The summed E-state index contributed by atoms with van der Waals surface area (Å²) in [5.74, 6) is -5.34. The average Bonchev–Trinajstić information content (AvgIpc) is 3.07. The van der Waals surface area contributed by atoms with Crippen molar-refractivity contribution in [2.75, 3.05) is 34.5 Å². The molecule has 0 heterocycles. The van der Waals surface area contributed by atoms with E-state index in [1.165, 1.54) is 57.7 Å². The van der Waals surface area contributed by atoms with Crippen molar-refractivity contribution in [1.29, 1.82) is 0 Å². The standard InChI is InChI=1S/3C9H8O4.C3H8O3/c3*1-13-9(12)7-5-3-2-4-6(7)8(10)11;4-1-3(6)2-5/h3*2-5H,1H3,(H,10,11);3-6H,1-2H2. The van der Waals surface area contributed by atoms with Crippen LogP contribution >= 0.6 is 0 Å². The lowest BCUT2D eigenvalue weighted by molar-refractivity contribution is 0.0450. The Morgan fingerprint density at radius 3 is 0.822 bits per heavy atom. The largest absolute Gasteiger partial charge is 0.478 e. The molecule has 3 aromatic rings. The van der Waals surface area contributed by atoms with Crippen molar-refractivity contribution >= 4 is 35.8 Å². The molecule has 0 aliphatic carbocycles. The van der Waals surface area contributed by atoms with E-state index in [9.17, 15) is 28.8 Å². The SMILES string of the molecule is COC(=O)c1ccccc1C(=O)O.COC(=O)c1ccccc1C(=O)O.COC(=O)c1ccccc1C(=O)O.OCC(O)CO. The van der Waals surface area contributed by atoms with Crippen LogP contribution in [0, 0.1) is 0 Å². The lowest BCUT2D eigenvalue weighted by Gasteiger charge is -2.02. The van der Waals surface area contributed by atoms with Gasteiger partial charge in [0.15, 0.2) is 0 Å². The summed E-state index contributed by atoms with van der Waals surface area (Å²) >= 11 is 0. The van der Waals surface area contributed by atoms with Crippen molar-refractivity contribution in [1.82, 2.24) is 0 Å². The van der Waals surface area contributed by atoms with Crippen LogP contribution in [-0.4, -0.2) is 107 Å². The minimum absolute atomic E-state index is 0.0469. The molecule has 0 saturated carbocycles. The minimum atomic E-state index is -1.14. The second kappa shape index (κ2) is 21.1. The fourth-order valence-electron chi connectivity index (χ4n) is 2.93. The Kier molecular flexibility index (Phi) is 18.5. The Labute approximate surface area is 256 Å². The van der Waals surface area contributed by atoms with Gasteiger partial charge in [-0.15, -0.1) is 0 Å². The highest BCUT2D eigenvalue weighted by atomic mass is 16.5. The normalized spacial score (nSPS) is 9.40. The van der Waals surface area contributed by atoms with E-state index in [-0.39, 0.29) is 46.6 Å². The molecule has 0 atom stereocenters. The van der Waals surface area contributed by atoms with E-state index in [2.05, 4.69) is 14.2 Å². The molecule has 45 heavy (non-hydrogen) atoms. The third-order valence-electron chi connectivity index (χ3n) is 5.11. The number of carboxylic acid groups (broad SMARTS) is 3. The molecule has 0 saturated heterocycles. The van der Waals surface area contributed by atoms with Gasteiger partial charge >= 0.3 is 35.8 Å². The molecule has 0 bridgehead atoms. The molecule has 242 valence electrons. The Hall–Kier alpha value is -5.64. The zero-order valence-electron chi connectivity index (χ0n) is 24.3. The highest BCUT2D eigenvalue weighted by Gasteiger charge is 2.17. The molecule has 0 fully saturated rings. The number of aliphatic hydroxyl groups excluding tert-OH is 3. The van der Waals surface area contributed by atoms with Crippen molar-refractivity contribution in [3.8, 4) is 0 Å². The quantitative estimate of drug-likeness (QED) is 0.153. The summed E-state index contributed by atoms with van der Waals surface area (Å²) in [6.45, 7) is -0.729. The van der Waals surface area contributed by atoms with Gasteiger partial charge < -0.3 is 44.8 Å². The molecule has 15 nitrogen and oxygen atoms in total. The third kappa shape index (κ3) is 13.5. The number of esters is 3. The Balaban J connectivity index is 0.000000593. The van der Waals surface area contributed by atoms with E-state index in [4.69, 9.17) is 30.6 Å². The molecule has 0 unspecified atom stereocenters. The van der Waals surface area contributed by atoms with Gasteiger partial charge in [0.05, 0.1) is 67.9 Å². The number of carbonyl (C=O) groups is 6. The number of hydrogen-bond donors (Lipinski definition) is 6. The van der Waals surface area contributed by atoms with Gasteiger partial charge in [0.25, 0.3) is 0 Å². The Bertz CT molecular complexity index is 1280. The first kappa shape index (κ1) is 39.4. The lowest BCUT2D eigenvalue weighted by Crippen LogP contribution is -2.15. The van der Waals surface area contributed by atoms with E-state index in [0.29, 0.717) is 0 Å². The molecular formula is C30H32O15. The van der Waals surface area contributed by atoms with Gasteiger partial charge in [-0.25, -0.2) is 28.8 Å². The summed E-state index contributed by atoms with van der Waals surface area (Å²) in [7, 11) is 3.63. The van der Waals surface area contributed by atoms with Crippen molar-refractivity contribution in [3.63, 3.8) is 0 Å². The summed E-state index contributed by atoms with van der Waals surface area (Å²) in [4.78, 5) is 65.1. The van der Waals surface area contributed by atoms with E-state index >= 15 is 0 Å². The summed E-state index contributed by atoms with van der Waals surface area (Å²) < 4.78 is 13.3. The Morgan fingerprint density at radius 1 is 0.489 bits per heavy atom. The number of aliphatic hydroxyl groups is 3. The maximum atomic E-state index is 11.1. The van der Waals surface area contributed by atoms with Gasteiger partial charge in [0, 0.05) is 0 Å². The number of carbonyl (C=O) groups excluding carboxylic acids is 3. The summed E-state index contributed by atoms with van der Waals surface area (Å²) in [5, 5.41) is 50.1. The molecule has 3 aromatic carbocycles. The van der Waals surface area contributed by atoms with Gasteiger partial charge in [-0.05, 0) is 36.4 Å². The van der Waals surface area contributed by atoms with E-state index in [0.717, 1.165) is 0 Å². The number of aromatic carboxylic acids is 3. The first-order valence-corrected chi connectivity index (χ1v) is 12.4. The van der Waals surface area contributed by atoms with Gasteiger partial charge in [0.2, 0.25) is 0 Å². The van der Waals surface area contributed by atoms with E-state index in [1.807, 2.05) is 0 Å². The molecule has 15 heteroatoms. The van der Waals surface area contributed by atoms with Crippen LogP contribution in [0.5, 0.6) is 0 Å². The van der Waals surface area contributed by atoms with Crippen LogP contribution in [0.2, 0.25) is 0 Å². The topological polar surface area (TPSA) is 251 Å². The third-order valence-corrected chi connectivity index (χ3v) is 5.11. The Morgan fingerprint density at radius 2 is 0.689 bits per heavy atom. The van der Waals surface area contributed by atoms with Gasteiger partial charge in [0.1, 0.15) is 6.10 Å². The molecular weight excluding hydrogens is 600 g/mol. The molecule has 0 amide bonds. The predicted octanol–water partition coefficient (Wildman–Crippen LogP) is 1.85. The van der Waals surface area contributed by atoms with Crippen LogP contribution in [0.4, 0.5) is 0 Å². The van der Waals surface area contributed by atoms with E-state index in [1.54, 1.807) is 36.4 Å². The average molecular weight is 633 g/mol. The smallest absolute Gasteiger partial charge is 0.338 e.